The van der Waals surface area contributed by atoms with Crippen molar-refractivity contribution in [3.05, 3.63) is 17.7 Å². The van der Waals surface area contributed by atoms with Gasteiger partial charge in [0.15, 0.2) is 5.13 Å². The molecule has 0 bridgehead atoms. The molecule has 0 fully saturated rings. The van der Waals surface area contributed by atoms with Crippen molar-refractivity contribution in [2.45, 2.75) is 12.4 Å². The molecule has 10 heteroatoms. The summed E-state index contributed by atoms with van der Waals surface area (Å²) in [7, 11) is -5.69. The topological polar surface area (TPSA) is 82.3 Å². The Morgan fingerprint density at radius 2 is 2.00 bits per heavy atom. The zero-order valence-electron chi connectivity index (χ0n) is 9.35. The van der Waals surface area contributed by atoms with Crippen molar-refractivity contribution in [2.24, 2.45) is 0 Å². The molecule has 0 amide bonds. The molecule has 0 spiro atoms. The largest absolute Gasteiger partial charge is 0.534 e. The maximum absolute atomic E-state index is 12.2. The maximum Gasteiger partial charge on any atom is 0.534 e. The monoisotopic (exact) mass is 312 g/mol. The van der Waals surface area contributed by atoms with Crippen LogP contribution in [0.15, 0.2) is 12.1 Å². The molecule has 104 valence electrons. The van der Waals surface area contributed by atoms with Crippen LogP contribution in [0, 0.1) is 6.92 Å². The van der Waals surface area contributed by atoms with Crippen LogP contribution in [0.3, 0.4) is 0 Å². The summed E-state index contributed by atoms with van der Waals surface area (Å²) >= 11 is 1.14. The molecule has 1 heterocycles. The lowest BCUT2D eigenvalue weighted by Crippen LogP contribution is -2.28. The number of alkyl halides is 3. The fourth-order valence-electron chi connectivity index (χ4n) is 1.33. The quantitative estimate of drug-likeness (QED) is 0.680. The molecule has 0 aliphatic rings. The Hall–Kier alpha value is -1.55. The summed E-state index contributed by atoms with van der Waals surface area (Å²) in [5, 5.41) is 0.227. The number of hydrogen-bond donors (Lipinski definition) is 1. The summed E-state index contributed by atoms with van der Waals surface area (Å²) in [5.74, 6) is -0.421. The van der Waals surface area contributed by atoms with Gasteiger partial charge in [0, 0.05) is 6.07 Å². The normalized spacial score (nSPS) is 12.8. The number of nitrogens with two attached hydrogens (primary N) is 1. The highest BCUT2D eigenvalue weighted by atomic mass is 32.2. The van der Waals surface area contributed by atoms with Crippen molar-refractivity contribution < 1.29 is 25.8 Å². The number of hydrogen-bond acceptors (Lipinski definition) is 6. The van der Waals surface area contributed by atoms with Crippen LogP contribution in [0.5, 0.6) is 5.75 Å². The molecule has 2 aromatic rings. The first-order valence-corrected chi connectivity index (χ1v) is 7.00. The van der Waals surface area contributed by atoms with E-state index in [0.29, 0.717) is 4.70 Å². The second kappa shape index (κ2) is 4.23. The Bertz CT molecular complexity index is 737. The number of aromatic nitrogens is 1. The van der Waals surface area contributed by atoms with Gasteiger partial charge in [0.05, 0.1) is 10.2 Å². The van der Waals surface area contributed by atoms with Crippen LogP contribution >= 0.6 is 11.3 Å². The molecule has 1 aromatic carbocycles. The SMILES string of the molecule is Cc1cc2sc(N)nc2cc1OS(=O)(=O)C(F)(F)F. The smallest absolute Gasteiger partial charge is 0.376 e. The molecular weight excluding hydrogens is 305 g/mol. The number of nitrogens with zero attached hydrogens (tertiary/aromatic N) is 1. The number of halogens is 3. The number of rotatable bonds is 2. The minimum Gasteiger partial charge on any atom is -0.376 e. The Morgan fingerprint density at radius 3 is 2.58 bits per heavy atom. The van der Waals surface area contributed by atoms with Gasteiger partial charge in [0.25, 0.3) is 0 Å². The molecule has 0 aliphatic heterocycles. The number of nitrogen functional groups attached to an aromatic ring is 1. The third-order valence-corrected chi connectivity index (χ3v) is 4.00. The molecule has 5 nitrogen and oxygen atoms in total. The summed E-state index contributed by atoms with van der Waals surface area (Å²) in [6, 6.07) is 2.57. The van der Waals surface area contributed by atoms with Crippen molar-refractivity contribution in [1.29, 1.82) is 0 Å². The van der Waals surface area contributed by atoms with E-state index >= 15 is 0 Å². The first-order chi connectivity index (χ1) is 8.60. The molecule has 2 N–H and O–H groups in total. The standard InChI is InChI=1S/C9H7F3N2O3S2/c1-4-2-7-5(14-8(13)18-7)3-6(4)17-19(15,16)9(10,11)12/h2-3H,1H3,(H2,13,14). The van der Waals surface area contributed by atoms with Crippen LogP contribution in [-0.4, -0.2) is 18.9 Å². The number of anilines is 1. The second-order valence-corrected chi connectivity index (χ2v) is 6.22. The minimum absolute atomic E-state index is 0.227. The average molecular weight is 312 g/mol. The predicted molar refractivity (Wildman–Crippen MR) is 64.4 cm³/mol. The van der Waals surface area contributed by atoms with E-state index in [0.717, 1.165) is 17.4 Å². The Kier molecular flexibility index (Phi) is 3.09. The van der Waals surface area contributed by atoms with Gasteiger partial charge in [-0.25, -0.2) is 4.98 Å². The number of aryl methyl sites for hydroxylation is 1. The summed E-state index contributed by atoms with van der Waals surface area (Å²) in [6.07, 6.45) is 0. The highest BCUT2D eigenvalue weighted by Crippen LogP contribution is 2.33. The fraction of sp³-hybridized carbons (Fsp3) is 0.222. The lowest BCUT2D eigenvalue weighted by molar-refractivity contribution is -0.0500. The van der Waals surface area contributed by atoms with E-state index in [1.807, 2.05) is 0 Å². The van der Waals surface area contributed by atoms with Crippen molar-refractivity contribution in [3.8, 4) is 5.75 Å². The predicted octanol–water partition coefficient (Wildman–Crippen LogP) is 2.42. The first-order valence-electron chi connectivity index (χ1n) is 4.77. The first kappa shape index (κ1) is 13.9. The number of benzene rings is 1. The van der Waals surface area contributed by atoms with Gasteiger partial charge in [-0.1, -0.05) is 11.3 Å². The van der Waals surface area contributed by atoms with E-state index < -0.39 is 21.4 Å². The van der Waals surface area contributed by atoms with Gasteiger partial charge >= 0.3 is 15.6 Å². The number of fused-ring (bicyclic) bond motifs is 1. The van der Waals surface area contributed by atoms with Gasteiger partial charge in [-0.3, -0.25) is 0 Å². The van der Waals surface area contributed by atoms with Gasteiger partial charge in [-0.2, -0.15) is 21.6 Å². The van der Waals surface area contributed by atoms with Gasteiger partial charge in [-0.15, -0.1) is 0 Å². The average Bonchev–Trinajstić information content (AvgIpc) is 2.55. The molecule has 0 saturated heterocycles. The van der Waals surface area contributed by atoms with Gasteiger partial charge in [0.2, 0.25) is 0 Å². The molecule has 1 aromatic heterocycles. The summed E-state index contributed by atoms with van der Waals surface area (Å²) in [4.78, 5) is 3.85. The fourth-order valence-corrected chi connectivity index (χ4v) is 2.65. The van der Waals surface area contributed by atoms with E-state index in [2.05, 4.69) is 9.17 Å². The van der Waals surface area contributed by atoms with Crippen LogP contribution in [-0.2, 0) is 10.1 Å². The van der Waals surface area contributed by atoms with Crippen LogP contribution in [0.2, 0.25) is 0 Å². The minimum atomic E-state index is -5.69. The number of thiazole rings is 1. The van der Waals surface area contributed by atoms with Crippen molar-refractivity contribution in [1.82, 2.24) is 4.98 Å². The second-order valence-electron chi connectivity index (χ2n) is 3.62. The van der Waals surface area contributed by atoms with E-state index in [4.69, 9.17) is 5.73 Å². The van der Waals surface area contributed by atoms with Gasteiger partial charge in [0.1, 0.15) is 5.75 Å². The summed E-state index contributed by atoms with van der Waals surface area (Å²) < 4.78 is 63.2. The molecule has 0 radical (unpaired) electrons. The summed E-state index contributed by atoms with van der Waals surface area (Å²) in [6.45, 7) is 1.43. The molecule has 0 saturated carbocycles. The molecule has 0 atom stereocenters. The van der Waals surface area contributed by atoms with E-state index in [-0.39, 0.29) is 16.2 Å². The van der Waals surface area contributed by atoms with Crippen LogP contribution < -0.4 is 9.92 Å². The lowest BCUT2D eigenvalue weighted by atomic mass is 10.2. The zero-order valence-corrected chi connectivity index (χ0v) is 11.0. The Morgan fingerprint density at radius 1 is 1.37 bits per heavy atom. The third kappa shape index (κ3) is 2.59. The maximum atomic E-state index is 12.2. The molecule has 0 unspecified atom stereocenters. The molecular formula is C9H7F3N2O3S2. The van der Waals surface area contributed by atoms with Gasteiger partial charge in [-0.05, 0) is 18.6 Å². The van der Waals surface area contributed by atoms with E-state index in [1.54, 1.807) is 0 Å². The Balaban J connectivity index is 2.49. The molecule has 2 rings (SSSR count). The highest BCUT2D eigenvalue weighted by molar-refractivity contribution is 7.88. The highest BCUT2D eigenvalue weighted by Gasteiger charge is 2.48. The van der Waals surface area contributed by atoms with Crippen LogP contribution in [0.25, 0.3) is 10.2 Å². The third-order valence-electron chi connectivity index (χ3n) is 2.18. The molecule has 19 heavy (non-hydrogen) atoms. The zero-order chi connectivity index (χ0) is 14.4. The Labute approximate surface area is 109 Å². The summed E-state index contributed by atoms with van der Waals surface area (Å²) in [5.41, 5.74) is 0.497. The van der Waals surface area contributed by atoms with Crippen molar-refractivity contribution >= 4 is 36.8 Å². The lowest BCUT2D eigenvalue weighted by Gasteiger charge is -2.11. The van der Waals surface area contributed by atoms with Gasteiger partial charge < -0.3 is 9.92 Å². The molecule has 0 aliphatic carbocycles. The van der Waals surface area contributed by atoms with Crippen molar-refractivity contribution in [3.63, 3.8) is 0 Å². The van der Waals surface area contributed by atoms with E-state index in [1.165, 1.54) is 13.0 Å². The van der Waals surface area contributed by atoms with Crippen LogP contribution in [0.1, 0.15) is 5.56 Å². The van der Waals surface area contributed by atoms with Crippen molar-refractivity contribution in [2.75, 3.05) is 5.73 Å². The van der Waals surface area contributed by atoms with E-state index in [9.17, 15) is 21.6 Å². The van der Waals surface area contributed by atoms with Crippen LogP contribution in [0.4, 0.5) is 18.3 Å².